The molecule has 1 N–H and O–H groups in total. The molecule has 0 aliphatic carbocycles. The first-order chi connectivity index (χ1) is 11.1. The molecule has 0 radical (unpaired) electrons. The first-order valence-electron chi connectivity index (χ1n) is 7.37. The van der Waals surface area contributed by atoms with Crippen molar-refractivity contribution in [1.82, 2.24) is 9.55 Å². The van der Waals surface area contributed by atoms with Gasteiger partial charge in [-0.25, -0.2) is 4.98 Å². The van der Waals surface area contributed by atoms with Crippen molar-refractivity contribution in [3.05, 3.63) is 57.5 Å². The van der Waals surface area contributed by atoms with Crippen molar-refractivity contribution in [2.24, 2.45) is 0 Å². The van der Waals surface area contributed by atoms with Gasteiger partial charge >= 0.3 is 0 Å². The van der Waals surface area contributed by atoms with Crippen molar-refractivity contribution in [3.8, 4) is 5.75 Å². The summed E-state index contributed by atoms with van der Waals surface area (Å²) in [4.78, 5) is 18.7. The molecule has 3 rings (SSSR count). The molecule has 0 aliphatic rings. The number of aryl methyl sites for hydroxylation is 2. The lowest BCUT2D eigenvalue weighted by atomic mass is 10.2. The number of aliphatic hydroxyl groups excluding tert-OH is 1. The summed E-state index contributed by atoms with van der Waals surface area (Å²) >= 11 is 1.52. The van der Waals surface area contributed by atoms with Gasteiger partial charge in [0.1, 0.15) is 23.3 Å². The number of nitrogens with zero attached hydrogens (tertiary/aromatic N) is 2. The predicted octanol–water partition coefficient (Wildman–Crippen LogP) is 2.51. The molecule has 2 heterocycles. The number of rotatable bonds is 5. The van der Waals surface area contributed by atoms with Crippen LogP contribution in [-0.4, -0.2) is 27.4 Å². The summed E-state index contributed by atoms with van der Waals surface area (Å²) < 4.78 is 6.96. The minimum Gasteiger partial charge on any atom is -0.491 e. The number of thiophene rings is 1. The highest BCUT2D eigenvalue weighted by Gasteiger charge is 2.14. The van der Waals surface area contributed by atoms with Gasteiger partial charge in [-0.05, 0) is 31.5 Å². The lowest BCUT2D eigenvalue weighted by molar-refractivity contribution is 0.0915. The molecule has 2 aromatic heterocycles. The van der Waals surface area contributed by atoms with Crippen molar-refractivity contribution < 1.29 is 9.84 Å². The van der Waals surface area contributed by atoms with E-state index in [0.29, 0.717) is 11.1 Å². The Morgan fingerprint density at radius 3 is 2.78 bits per heavy atom. The summed E-state index contributed by atoms with van der Waals surface area (Å²) in [5.41, 5.74) is 0.850. The lowest BCUT2D eigenvalue weighted by Gasteiger charge is -2.13. The number of para-hydroxylation sites is 1. The van der Waals surface area contributed by atoms with Crippen LogP contribution in [0.5, 0.6) is 5.75 Å². The number of hydrogen-bond acceptors (Lipinski definition) is 5. The molecule has 5 nitrogen and oxygen atoms in total. The van der Waals surface area contributed by atoms with Crippen LogP contribution in [0.15, 0.2) is 41.5 Å². The lowest BCUT2D eigenvalue weighted by Crippen LogP contribution is -2.30. The Balaban J connectivity index is 1.75. The Morgan fingerprint density at radius 2 is 2.04 bits per heavy atom. The van der Waals surface area contributed by atoms with E-state index >= 15 is 0 Å². The Morgan fingerprint density at radius 1 is 1.30 bits per heavy atom. The summed E-state index contributed by atoms with van der Waals surface area (Å²) in [6.45, 7) is 4.18. The van der Waals surface area contributed by atoms with Crippen LogP contribution in [0.1, 0.15) is 10.4 Å². The molecule has 23 heavy (non-hydrogen) atoms. The number of ether oxygens (including phenoxy) is 1. The average Bonchev–Trinajstić information content (AvgIpc) is 2.84. The largest absolute Gasteiger partial charge is 0.491 e. The Bertz CT molecular complexity index is 871. The summed E-state index contributed by atoms with van der Waals surface area (Å²) in [5, 5.41) is 10.8. The molecular weight excluding hydrogens is 312 g/mol. The standard InChI is InChI=1S/C17H18N2O3S/c1-11-12(2)23-16-15(11)17(21)19(10-18-16)8-13(20)9-22-14-6-4-3-5-7-14/h3-7,10,13,20H,8-9H2,1-2H3/t13-/m1/s1. The van der Waals surface area contributed by atoms with Gasteiger partial charge in [-0.15, -0.1) is 11.3 Å². The van der Waals surface area contributed by atoms with E-state index in [-0.39, 0.29) is 18.7 Å². The predicted molar refractivity (Wildman–Crippen MR) is 91.3 cm³/mol. The Labute approximate surface area is 137 Å². The third-order valence-electron chi connectivity index (χ3n) is 3.75. The van der Waals surface area contributed by atoms with Crippen LogP contribution < -0.4 is 10.3 Å². The van der Waals surface area contributed by atoms with Gasteiger partial charge in [-0.2, -0.15) is 0 Å². The van der Waals surface area contributed by atoms with E-state index in [1.165, 1.54) is 22.2 Å². The fourth-order valence-corrected chi connectivity index (χ4v) is 3.38. The molecule has 1 aromatic carbocycles. The first kappa shape index (κ1) is 15.7. The SMILES string of the molecule is Cc1sc2ncn(C[C@@H](O)COc3ccccc3)c(=O)c2c1C. The number of benzene rings is 1. The van der Waals surface area contributed by atoms with Crippen LogP contribution in [0, 0.1) is 13.8 Å². The summed E-state index contributed by atoms with van der Waals surface area (Å²) in [7, 11) is 0. The van der Waals surface area contributed by atoms with Crippen LogP contribution in [0.4, 0.5) is 0 Å². The maximum Gasteiger partial charge on any atom is 0.262 e. The number of hydrogen-bond donors (Lipinski definition) is 1. The van der Waals surface area contributed by atoms with Crippen molar-refractivity contribution >= 4 is 21.6 Å². The van der Waals surface area contributed by atoms with Crippen molar-refractivity contribution in [1.29, 1.82) is 0 Å². The van der Waals surface area contributed by atoms with E-state index in [1.807, 2.05) is 44.2 Å². The van der Waals surface area contributed by atoms with Crippen LogP contribution in [0.25, 0.3) is 10.2 Å². The first-order valence-corrected chi connectivity index (χ1v) is 8.19. The fraction of sp³-hybridized carbons (Fsp3) is 0.294. The quantitative estimate of drug-likeness (QED) is 0.781. The van der Waals surface area contributed by atoms with Gasteiger partial charge in [-0.3, -0.25) is 9.36 Å². The molecular formula is C17H18N2O3S. The fourth-order valence-electron chi connectivity index (χ4n) is 2.39. The number of aromatic nitrogens is 2. The van der Waals surface area contributed by atoms with Crippen LogP contribution >= 0.6 is 11.3 Å². The topological polar surface area (TPSA) is 64.3 Å². The summed E-state index contributed by atoms with van der Waals surface area (Å²) in [5.74, 6) is 0.691. The van der Waals surface area contributed by atoms with E-state index < -0.39 is 6.10 Å². The minimum absolute atomic E-state index is 0.115. The normalized spacial score (nSPS) is 12.5. The number of fused-ring (bicyclic) bond motifs is 1. The molecule has 1 atom stereocenters. The molecule has 120 valence electrons. The Hall–Kier alpha value is -2.18. The van der Waals surface area contributed by atoms with Gasteiger partial charge in [0.05, 0.1) is 18.3 Å². The molecule has 0 saturated carbocycles. The van der Waals surface area contributed by atoms with Gasteiger partial charge in [-0.1, -0.05) is 18.2 Å². The van der Waals surface area contributed by atoms with Gasteiger partial charge in [0.2, 0.25) is 0 Å². The second-order valence-electron chi connectivity index (χ2n) is 5.44. The molecule has 6 heteroatoms. The second kappa shape index (κ2) is 6.52. The van der Waals surface area contributed by atoms with Gasteiger partial charge < -0.3 is 9.84 Å². The van der Waals surface area contributed by atoms with E-state index in [0.717, 1.165) is 15.3 Å². The van der Waals surface area contributed by atoms with E-state index in [1.54, 1.807) is 0 Å². The van der Waals surface area contributed by atoms with E-state index in [9.17, 15) is 9.90 Å². The molecule has 0 fully saturated rings. The minimum atomic E-state index is -0.785. The smallest absolute Gasteiger partial charge is 0.262 e. The maximum absolute atomic E-state index is 12.6. The maximum atomic E-state index is 12.6. The highest BCUT2D eigenvalue weighted by molar-refractivity contribution is 7.18. The molecule has 0 aliphatic heterocycles. The van der Waals surface area contributed by atoms with Gasteiger partial charge in [0.15, 0.2) is 0 Å². The molecule has 0 amide bonds. The van der Waals surface area contributed by atoms with E-state index in [2.05, 4.69) is 4.98 Å². The summed E-state index contributed by atoms with van der Waals surface area (Å²) in [6.07, 6.45) is 0.707. The van der Waals surface area contributed by atoms with Crippen LogP contribution in [0.2, 0.25) is 0 Å². The van der Waals surface area contributed by atoms with Gasteiger partial charge in [0, 0.05) is 4.88 Å². The highest BCUT2D eigenvalue weighted by Crippen LogP contribution is 2.25. The van der Waals surface area contributed by atoms with Crippen molar-refractivity contribution in [3.63, 3.8) is 0 Å². The van der Waals surface area contributed by atoms with Crippen molar-refractivity contribution in [2.75, 3.05) is 6.61 Å². The Kier molecular flexibility index (Phi) is 4.45. The summed E-state index contributed by atoms with van der Waals surface area (Å²) in [6, 6.07) is 9.28. The second-order valence-corrected chi connectivity index (χ2v) is 6.65. The zero-order valence-electron chi connectivity index (χ0n) is 13.0. The third-order valence-corrected chi connectivity index (χ3v) is 4.86. The molecule has 3 aromatic rings. The van der Waals surface area contributed by atoms with Gasteiger partial charge in [0.25, 0.3) is 5.56 Å². The highest BCUT2D eigenvalue weighted by atomic mass is 32.1. The zero-order chi connectivity index (χ0) is 16.4. The molecule has 0 saturated heterocycles. The monoisotopic (exact) mass is 330 g/mol. The number of aliphatic hydroxyl groups is 1. The van der Waals surface area contributed by atoms with Crippen molar-refractivity contribution in [2.45, 2.75) is 26.5 Å². The van der Waals surface area contributed by atoms with Crippen LogP contribution in [0.3, 0.4) is 0 Å². The molecule has 0 spiro atoms. The average molecular weight is 330 g/mol. The van der Waals surface area contributed by atoms with Crippen LogP contribution in [-0.2, 0) is 6.54 Å². The van der Waals surface area contributed by atoms with E-state index in [4.69, 9.17) is 4.74 Å². The molecule has 0 unspecified atom stereocenters. The third kappa shape index (κ3) is 3.28. The molecule has 0 bridgehead atoms. The zero-order valence-corrected chi connectivity index (χ0v) is 13.8.